The monoisotopic (exact) mass is 135 g/mol. The number of likely N-dealkylation sites (tertiary alicyclic amines) is 1. The average Bonchev–Trinajstić information content (AvgIpc) is 2.14. The molecule has 0 amide bonds. The molecule has 0 radical (unpaired) electrons. The number of alkyl halides is 2. The lowest BCUT2D eigenvalue weighted by Gasteiger charge is -2.07. The molecule has 1 atom stereocenters. The van der Waals surface area contributed by atoms with Gasteiger partial charge in [-0.3, -0.25) is 0 Å². The zero-order valence-electron chi connectivity index (χ0n) is 5.48. The fourth-order valence-electron chi connectivity index (χ4n) is 1.17. The van der Waals surface area contributed by atoms with Crippen LogP contribution in [0.25, 0.3) is 0 Å². The van der Waals surface area contributed by atoms with E-state index >= 15 is 0 Å². The van der Waals surface area contributed by atoms with Crippen LogP contribution in [0.3, 0.4) is 0 Å². The largest absolute Gasteiger partial charge is 0.306 e. The highest BCUT2D eigenvalue weighted by atomic mass is 19.3. The van der Waals surface area contributed by atoms with Crippen LogP contribution in [0.1, 0.15) is 6.42 Å². The molecule has 1 nitrogen and oxygen atoms in total. The summed E-state index contributed by atoms with van der Waals surface area (Å²) in [5, 5.41) is 0. The summed E-state index contributed by atoms with van der Waals surface area (Å²) in [7, 11) is 1.88. The Balaban J connectivity index is 2.30. The van der Waals surface area contributed by atoms with Crippen LogP contribution in [0.4, 0.5) is 8.78 Å². The molecular formula is C6H11F2N. The molecule has 1 aliphatic heterocycles. The molecule has 0 spiro atoms. The molecule has 0 aromatic rings. The molecule has 1 saturated heterocycles. The summed E-state index contributed by atoms with van der Waals surface area (Å²) in [4.78, 5) is 1.94. The molecule has 1 heterocycles. The van der Waals surface area contributed by atoms with E-state index in [1.807, 2.05) is 11.9 Å². The van der Waals surface area contributed by atoms with Gasteiger partial charge in [-0.15, -0.1) is 0 Å². The van der Waals surface area contributed by atoms with Crippen molar-refractivity contribution in [3.8, 4) is 0 Å². The maximum Gasteiger partial charge on any atom is 0.242 e. The Kier molecular flexibility index (Phi) is 2.01. The molecular weight excluding hydrogens is 124 g/mol. The van der Waals surface area contributed by atoms with Crippen molar-refractivity contribution in [1.82, 2.24) is 4.90 Å². The molecule has 3 heteroatoms. The highest BCUT2D eigenvalue weighted by Gasteiger charge is 2.26. The standard InChI is InChI=1S/C6H11F2N/c1-9-3-2-5(4-9)6(7)8/h5-6H,2-4H2,1H3. The third kappa shape index (κ3) is 1.61. The molecule has 0 saturated carbocycles. The first-order valence-corrected chi connectivity index (χ1v) is 3.17. The van der Waals surface area contributed by atoms with Gasteiger partial charge in [0, 0.05) is 12.5 Å². The molecule has 1 rings (SSSR count). The van der Waals surface area contributed by atoms with Crippen molar-refractivity contribution < 1.29 is 8.78 Å². The van der Waals surface area contributed by atoms with Crippen molar-refractivity contribution in [3.63, 3.8) is 0 Å². The van der Waals surface area contributed by atoms with E-state index in [1.54, 1.807) is 0 Å². The number of halogens is 2. The van der Waals surface area contributed by atoms with Gasteiger partial charge in [0.2, 0.25) is 6.43 Å². The lowest BCUT2D eigenvalue weighted by molar-refractivity contribution is 0.0823. The van der Waals surface area contributed by atoms with Gasteiger partial charge in [0.1, 0.15) is 0 Å². The lowest BCUT2D eigenvalue weighted by Crippen LogP contribution is -2.17. The quantitative estimate of drug-likeness (QED) is 0.522. The molecule has 54 valence electrons. The summed E-state index contributed by atoms with van der Waals surface area (Å²) in [6.45, 7) is 1.40. The van der Waals surface area contributed by atoms with E-state index in [0.717, 1.165) is 6.54 Å². The summed E-state index contributed by atoms with van der Waals surface area (Å²) in [5.74, 6) is -0.366. The lowest BCUT2D eigenvalue weighted by atomic mass is 10.1. The summed E-state index contributed by atoms with van der Waals surface area (Å²) in [6, 6.07) is 0. The Labute approximate surface area is 53.6 Å². The van der Waals surface area contributed by atoms with Crippen molar-refractivity contribution in [1.29, 1.82) is 0 Å². The second-order valence-electron chi connectivity index (χ2n) is 2.65. The van der Waals surface area contributed by atoms with Gasteiger partial charge in [-0.2, -0.15) is 0 Å². The van der Waals surface area contributed by atoms with Gasteiger partial charge in [-0.25, -0.2) is 8.78 Å². The van der Waals surface area contributed by atoms with Gasteiger partial charge in [0.05, 0.1) is 0 Å². The van der Waals surface area contributed by atoms with Crippen molar-refractivity contribution in [2.75, 3.05) is 20.1 Å². The van der Waals surface area contributed by atoms with Crippen LogP contribution in [-0.2, 0) is 0 Å². The van der Waals surface area contributed by atoms with E-state index in [4.69, 9.17) is 0 Å². The third-order valence-corrected chi connectivity index (χ3v) is 1.78. The van der Waals surface area contributed by atoms with Crippen molar-refractivity contribution in [2.45, 2.75) is 12.8 Å². The van der Waals surface area contributed by atoms with Crippen LogP contribution in [0.5, 0.6) is 0 Å². The number of rotatable bonds is 1. The Morgan fingerprint density at radius 2 is 2.22 bits per heavy atom. The summed E-state index contributed by atoms with van der Waals surface area (Å²) in [5.41, 5.74) is 0. The average molecular weight is 135 g/mol. The molecule has 1 fully saturated rings. The summed E-state index contributed by atoms with van der Waals surface area (Å²) >= 11 is 0. The first kappa shape index (κ1) is 6.93. The highest BCUT2D eigenvalue weighted by Crippen LogP contribution is 2.20. The second kappa shape index (κ2) is 2.60. The van der Waals surface area contributed by atoms with Gasteiger partial charge in [0.25, 0.3) is 0 Å². The second-order valence-corrected chi connectivity index (χ2v) is 2.65. The normalized spacial score (nSPS) is 30.0. The first-order valence-electron chi connectivity index (χ1n) is 3.17. The Morgan fingerprint density at radius 1 is 1.56 bits per heavy atom. The SMILES string of the molecule is CN1CCC(C(F)F)C1. The van der Waals surface area contributed by atoms with Crippen LogP contribution in [0.2, 0.25) is 0 Å². The van der Waals surface area contributed by atoms with E-state index in [1.165, 1.54) is 0 Å². The topological polar surface area (TPSA) is 3.24 Å². The van der Waals surface area contributed by atoms with Crippen molar-refractivity contribution in [2.24, 2.45) is 5.92 Å². The molecule has 1 aliphatic rings. The van der Waals surface area contributed by atoms with Crippen LogP contribution in [-0.4, -0.2) is 31.5 Å². The van der Waals surface area contributed by atoms with Crippen molar-refractivity contribution >= 4 is 0 Å². The van der Waals surface area contributed by atoms with Gasteiger partial charge < -0.3 is 4.90 Å². The van der Waals surface area contributed by atoms with E-state index in [9.17, 15) is 8.78 Å². The van der Waals surface area contributed by atoms with Crippen LogP contribution in [0, 0.1) is 5.92 Å². The Hall–Kier alpha value is -0.180. The zero-order valence-corrected chi connectivity index (χ0v) is 5.48. The Bertz CT molecular complexity index is 95.1. The minimum atomic E-state index is -2.12. The van der Waals surface area contributed by atoms with E-state index in [-0.39, 0.29) is 5.92 Å². The maximum atomic E-state index is 11.9. The number of hydrogen-bond donors (Lipinski definition) is 0. The molecule has 0 bridgehead atoms. The van der Waals surface area contributed by atoms with E-state index < -0.39 is 6.43 Å². The van der Waals surface area contributed by atoms with E-state index in [2.05, 4.69) is 0 Å². The molecule has 9 heavy (non-hydrogen) atoms. The zero-order chi connectivity index (χ0) is 6.85. The predicted molar refractivity (Wildman–Crippen MR) is 31.6 cm³/mol. The first-order chi connectivity index (χ1) is 4.20. The van der Waals surface area contributed by atoms with Crippen LogP contribution >= 0.6 is 0 Å². The summed E-state index contributed by atoms with van der Waals surface area (Å²) in [6.07, 6.45) is -1.45. The van der Waals surface area contributed by atoms with Gasteiger partial charge in [-0.1, -0.05) is 0 Å². The molecule has 0 aromatic carbocycles. The third-order valence-electron chi connectivity index (χ3n) is 1.78. The molecule has 0 aromatic heterocycles. The Morgan fingerprint density at radius 3 is 2.44 bits per heavy atom. The minimum Gasteiger partial charge on any atom is -0.306 e. The highest BCUT2D eigenvalue weighted by molar-refractivity contribution is 4.73. The van der Waals surface area contributed by atoms with Gasteiger partial charge >= 0.3 is 0 Å². The smallest absolute Gasteiger partial charge is 0.242 e. The minimum absolute atomic E-state index is 0.366. The van der Waals surface area contributed by atoms with Crippen LogP contribution in [0.15, 0.2) is 0 Å². The van der Waals surface area contributed by atoms with Crippen LogP contribution < -0.4 is 0 Å². The molecule has 0 aliphatic carbocycles. The molecule has 0 N–H and O–H groups in total. The fourth-order valence-corrected chi connectivity index (χ4v) is 1.17. The number of hydrogen-bond acceptors (Lipinski definition) is 1. The predicted octanol–water partition coefficient (Wildman–Crippen LogP) is 1.20. The number of nitrogens with zero attached hydrogens (tertiary/aromatic N) is 1. The van der Waals surface area contributed by atoms with Gasteiger partial charge in [-0.05, 0) is 20.0 Å². The van der Waals surface area contributed by atoms with E-state index in [0.29, 0.717) is 13.0 Å². The van der Waals surface area contributed by atoms with Crippen molar-refractivity contribution in [3.05, 3.63) is 0 Å². The van der Waals surface area contributed by atoms with Gasteiger partial charge in [0.15, 0.2) is 0 Å². The molecule has 1 unspecified atom stereocenters. The summed E-state index contributed by atoms with van der Waals surface area (Å²) < 4.78 is 23.8. The fraction of sp³-hybridized carbons (Fsp3) is 1.00. The maximum absolute atomic E-state index is 11.9.